The molecule has 4 rings (SSSR count). The molecule has 1 N–H and O–H groups in total. The van der Waals surface area contributed by atoms with Gasteiger partial charge >= 0.3 is 0 Å². The molecule has 0 bridgehead atoms. The Morgan fingerprint density at radius 2 is 1.83 bits per heavy atom. The zero-order valence-electron chi connectivity index (χ0n) is 17.9. The highest BCUT2D eigenvalue weighted by Gasteiger charge is 2.26. The van der Waals surface area contributed by atoms with E-state index in [2.05, 4.69) is 38.3 Å². The van der Waals surface area contributed by atoms with E-state index < -0.39 is 0 Å². The standard InChI is InChI=1S/C22H33N5O2.HI/c1-23-22(24-16-18-8-15-29-20-7-3-2-6-19(18)20)27-13-11-25(12-14-27)17-21(28)26-9-4-5-10-26;/h2-3,6-7,18H,4-5,8-17H2,1H3,(H,23,24);1H. The fourth-order valence-corrected chi connectivity index (χ4v) is 4.55. The Labute approximate surface area is 196 Å². The number of benzene rings is 1. The Morgan fingerprint density at radius 1 is 1.10 bits per heavy atom. The minimum atomic E-state index is 0. The van der Waals surface area contributed by atoms with E-state index in [0.717, 1.165) is 83.4 Å². The topological polar surface area (TPSA) is 60.4 Å². The van der Waals surface area contributed by atoms with Crippen LogP contribution in [0, 0.1) is 0 Å². The molecule has 2 fully saturated rings. The van der Waals surface area contributed by atoms with Crippen molar-refractivity contribution in [1.82, 2.24) is 20.0 Å². The SMILES string of the molecule is CN=C(NCC1CCOc2ccccc21)N1CCN(CC(=O)N2CCCC2)CC1.I. The predicted octanol–water partition coefficient (Wildman–Crippen LogP) is 1.99. The lowest BCUT2D eigenvalue weighted by atomic mass is 9.93. The normalized spacial score (nSPS) is 22.2. The van der Waals surface area contributed by atoms with Crippen LogP contribution in [0.2, 0.25) is 0 Å². The second-order valence-corrected chi connectivity index (χ2v) is 8.15. The van der Waals surface area contributed by atoms with Crippen LogP contribution in [-0.2, 0) is 4.79 Å². The summed E-state index contributed by atoms with van der Waals surface area (Å²) in [5.41, 5.74) is 1.28. The quantitative estimate of drug-likeness (QED) is 0.369. The summed E-state index contributed by atoms with van der Waals surface area (Å²) in [5, 5.41) is 3.58. The number of amides is 1. The van der Waals surface area contributed by atoms with E-state index in [4.69, 9.17) is 4.74 Å². The number of aliphatic imine (C=N–C) groups is 1. The summed E-state index contributed by atoms with van der Waals surface area (Å²) in [6.45, 7) is 7.66. The summed E-state index contributed by atoms with van der Waals surface area (Å²) < 4.78 is 5.78. The molecule has 0 spiro atoms. The zero-order chi connectivity index (χ0) is 20.1. The lowest BCUT2D eigenvalue weighted by Crippen LogP contribution is -2.54. The van der Waals surface area contributed by atoms with Crippen molar-refractivity contribution < 1.29 is 9.53 Å². The number of likely N-dealkylation sites (tertiary alicyclic amines) is 1. The molecule has 166 valence electrons. The monoisotopic (exact) mass is 527 g/mol. The van der Waals surface area contributed by atoms with Gasteiger partial charge in [-0.2, -0.15) is 0 Å². The van der Waals surface area contributed by atoms with Crippen molar-refractivity contribution >= 4 is 35.8 Å². The van der Waals surface area contributed by atoms with Gasteiger partial charge in [0.15, 0.2) is 5.96 Å². The molecule has 0 radical (unpaired) electrons. The zero-order valence-corrected chi connectivity index (χ0v) is 20.2. The maximum Gasteiger partial charge on any atom is 0.236 e. The molecule has 3 aliphatic rings. The van der Waals surface area contributed by atoms with Crippen LogP contribution in [0.4, 0.5) is 0 Å². The Morgan fingerprint density at radius 3 is 2.57 bits per heavy atom. The first-order valence-corrected chi connectivity index (χ1v) is 10.9. The van der Waals surface area contributed by atoms with Gasteiger partial charge in [0, 0.05) is 58.8 Å². The smallest absolute Gasteiger partial charge is 0.236 e. The van der Waals surface area contributed by atoms with Crippen molar-refractivity contribution in [1.29, 1.82) is 0 Å². The average Bonchev–Trinajstić information content (AvgIpc) is 3.30. The second-order valence-electron chi connectivity index (χ2n) is 8.15. The first-order chi connectivity index (χ1) is 14.2. The molecule has 8 heteroatoms. The van der Waals surface area contributed by atoms with E-state index in [1.807, 2.05) is 18.0 Å². The van der Waals surface area contributed by atoms with Gasteiger partial charge in [-0.1, -0.05) is 18.2 Å². The van der Waals surface area contributed by atoms with Crippen molar-refractivity contribution in [3.8, 4) is 5.75 Å². The molecule has 1 aromatic carbocycles. The Bertz CT molecular complexity index is 730. The molecule has 0 saturated carbocycles. The van der Waals surface area contributed by atoms with Crippen LogP contribution < -0.4 is 10.1 Å². The highest BCUT2D eigenvalue weighted by molar-refractivity contribution is 14.0. The molecule has 0 aromatic heterocycles. The number of guanidine groups is 1. The van der Waals surface area contributed by atoms with Crippen LogP contribution in [-0.4, -0.2) is 92.6 Å². The van der Waals surface area contributed by atoms with Crippen LogP contribution in [0.25, 0.3) is 0 Å². The van der Waals surface area contributed by atoms with E-state index in [9.17, 15) is 4.79 Å². The van der Waals surface area contributed by atoms with E-state index >= 15 is 0 Å². The first kappa shape index (κ1) is 23.1. The van der Waals surface area contributed by atoms with Gasteiger partial charge in [0.25, 0.3) is 0 Å². The summed E-state index contributed by atoms with van der Waals surface area (Å²) in [4.78, 5) is 23.5. The predicted molar refractivity (Wildman–Crippen MR) is 130 cm³/mol. The number of hydrogen-bond acceptors (Lipinski definition) is 4. The molecule has 1 unspecified atom stereocenters. The molecule has 3 aliphatic heterocycles. The average molecular weight is 527 g/mol. The molecule has 1 amide bonds. The summed E-state index contributed by atoms with van der Waals surface area (Å²) in [6.07, 6.45) is 3.33. The van der Waals surface area contributed by atoms with Gasteiger partial charge in [0.1, 0.15) is 5.75 Å². The van der Waals surface area contributed by atoms with Crippen molar-refractivity contribution in [2.45, 2.75) is 25.2 Å². The fourth-order valence-electron chi connectivity index (χ4n) is 4.55. The third-order valence-electron chi connectivity index (χ3n) is 6.29. The number of hydrogen-bond donors (Lipinski definition) is 1. The lowest BCUT2D eigenvalue weighted by molar-refractivity contribution is -0.131. The van der Waals surface area contributed by atoms with Crippen LogP contribution >= 0.6 is 24.0 Å². The molecule has 2 saturated heterocycles. The van der Waals surface area contributed by atoms with Gasteiger partial charge < -0.3 is 19.9 Å². The number of carbonyl (C=O) groups excluding carboxylic acids is 1. The maximum atomic E-state index is 12.4. The van der Waals surface area contributed by atoms with Crippen LogP contribution in [0.3, 0.4) is 0 Å². The molecule has 30 heavy (non-hydrogen) atoms. The number of fused-ring (bicyclic) bond motifs is 1. The minimum Gasteiger partial charge on any atom is -0.493 e. The summed E-state index contributed by atoms with van der Waals surface area (Å²) in [5.74, 6) is 2.70. The minimum absolute atomic E-state index is 0. The molecule has 7 nitrogen and oxygen atoms in total. The third kappa shape index (κ3) is 5.57. The molecular weight excluding hydrogens is 493 g/mol. The van der Waals surface area contributed by atoms with Crippen LogP contribution in [0.15, 0.2) is 29.3 Å². The van der Waals surface area contributed by atoms with Gasteiger partial charge in [-0.25, -0.2) is 0 Å². The largest absolute Gasteiger partial charge is 0.493 e. The van der Waals surface area contributed by atoms with Gasteiger partial charge in [-0.05, 0) is 30.9 Å². The number of nitrogens with zero attached hydrogens (tertiary/aromatic N) is 4. The highest BCUT2D eigenvalue weighted by atomic mass is 127. The van der Waals surface area contributed by atoms with Crippen LogP contribution in [0.5, 0.6) is 5.75 Å². The lowest BCUT2D eigenvalue weighted by Gasteiger charge is -2.37. The maximum absolute atomic E-state index is 12.4. The van der Waals surface area contributed by atoms with Crippen molar-refractivity contribution in [3.63, 3.8) is 0 Å². The van der Waals surface area contributed by atoms with Gasteiger partial charge in [0.05, 0.1) is 13.2 Å². The van der Waals surface area contributed by atoms with E-state index in [0.29, 0.717) is 12.5 Å². The van der Waals surface area contributed by atoms with Crippen molar-refractivity contribution in [3.05, 3.63) is 29.8 Å². The molecular formula is C22H34IN5O2. The van der Waals surface area contributed by atoms with E-state index in [1.165, 1.54) is 5.56 Å². The van der Waals surface area contributed by atoms with Crippen molar-refractivity contribution in [2.75, 3.05) is 66.0 Å². The Kier molecular flexibility index (Phi) is 8.61. The molecule has 1 aromatic rings. The number of ether oxygens (including phenoxy) is 1. The van der Waals surface area contributed by atoms with Gasteiger partial charge in [0.2, 0.25) is 5.91 Å². The second kappa shape index (κ2) is 11.2. The van der Waals surface area contributed by atoms with Crippen molar-refractivity contribution in [2.24, 2.45) is 4.99 Å². The van der Waals surface area contributed by atoms with E-state index in [-0.39, 0.29) is 29.9 Å². The van der Waals surface area contributed by atoms with Gasteiger partial charge in [-0.3, -0.25) is 14.7 Å². The number of carbonyl (C=O) groups is 1. The fraction of sp³-hybridized carbons (Fsp3) is 0.636. The third-order valence-corrected chi connectivity index (χ3v) is 6.29. The molecule has 3 heterocycles. The number of halogens is 1. The van der Waals surface area contributed by atoms with Gasteiger partial charge in [-0.15, -0.1) is 24.0 Å². The first-order valence-electron chi connectivity index (χ1n) is 10.9. The molecule has 0 aliphatic carbocycles. The number of para-hydroxylation sites is 1. The Hall–Kier alpha value is -1.55. The Balaban J connectivity index is 0.00000256. The summed E-state index contributed by atoms with van der Waals surface area (Å²) >= 11 is 0. The summed E-state index contributed by atoms with van der Waals surface area (Å²) in [6, 6.07) is 8.33. The summed E-state index contributed by atoms with van der Waals surface area (Å²) in [7, 11) is 1.85. The number of piperazine rings is 1. The number of rotatable bonds is 4. The highest BCUT2D eigenvalue weighted by Crippen LogP contribution is 2.32. The molecule has 1 atom stereocenters. The van der Waals surface area contributed by atoms with Crippen LogP contribution in [0.1, 0.15) is 30.7 Å². The number of nitrogens with one attached hydrogen (secondary N) is 1. The van der Waals surface area contributed by atoms with E-state index in [1.54, 1.807) is 0 Å².